The van der Waals surface area contributed by atoms with Crippen molar-refractivity contribution in [1.29, 1.82) is 0 Å². The molecule has 1 heterocycles. The second kappa shape index (κ2) is 6.53. The van der Waals surface area contributed by atoms with E-state index in [9.17, 15) is 9.90 Å². The van der Waals surface area contributed by atoms with Gasteiger partial charge in [-0.1, -0.05) is 20.8 Å². The van der Waals surface area contributed by atoms with E-state index in [0.717, 1.165) is 12.8 Å². The molecule has 1 amide bonds. The number of aliphatic hydroxyl groups is 1. The van der Waals surface area contributed by atoms with E-state index in [1.54, 1.807) is 0 Å². The molecule has 2 N–H and O–H groups in total. The zero-order chi connectivity index (χ0) is 13.6. The monoisotopic (exact) mass is 257 g/mol. The summed E-state index contributed by atoms with van der Waals surface area (Å²) in [5.74, 6) is 0.0409. The van der Waals surface area contributed by atoms with E-state index in [2.05, 4.69) is 26.1 Å². The van der Waals surface area contributed by atoms with Gasteiger partial charge in [0.25, 0.3) is 0 Å². The summed E-state index contributed by atoms with van der Waals surface area (Å²) in [6.07, 6.45) is 3.70. The van der Waals surface area contributed by atoms with Crippen molar-refractivity contribution in [3.05, 3.63) is 0 Å². The van der Waals surface area contributed by atoms with Crippen molar-refractivity contribution in [3.63, 3.8) is 0 Å². The fourth-order valence-corrected chi connectivity index (χ4v) is 2.06. The van der Waals surface area contributed by atoms with E-state index in [1.165, 1.54) is 0 Å². The predicted octanol–water partition coefficient (Wildman–Crippen LogP) is 1.86. The third-order valence-corrected chi connectivity index (χ3v) is 3.37. The Labute approximate surface area is 110 Å². The Hall–Kier alpha value is -0.610. The number of nitrogens with one attached hydrogen (secondary N) is 1. The average Bonchev–Trinajstić information content (AvgIpc) is 2.26. The van der Waals surface area contributed by atoms with Gasteiger partial charge in [-0.15, -0.1) is 0 Å². The Balaban J connectivity index is 2.16. The summed E-state index contributed by atoms with van der Waals surface area (Å²) in [5, 5.41) is 13.0. The third kappa shape index (κ3) is 6.36. The highest BCUT2D eigenvalue weighted by Crippen LogP contribution is 2.22. The van der Waals surface area contributed by atoms with Gasteiger partial charge in [-0.2, -0.15) is 0 Å². The molecule has 0 radical (unpaired) electrons. The van der Waals surface area contributed by atoms with Crippen LogP contribution in [-0.2, 0) is 9.53 Å². The van der Waals surface area contributed by atoms with Crippen LogP contribution < -0.4 is 5.32 Å². The van der Waals surface area contributed by atoms with Crippen LogP contribution in [-0.4, -0.2) is 36.4 Å². The molecule has 106 valence electrons. The molecule has 0 aromatic heterocycles. The Morgan fingerprint density at radius 3 is 2.50 bits per heavy atom. The smallest absolute Gasteiger partial charge is 0.220 e. The van der Waals surface area contributed by atoms with Crippen molar-refractivity contribution in [1.82, 2.24) is 5.32 Å². The maximum Gasteiger partial charge on any atom is 0.220 e. The quantitative estimate of drug-likeness (QED) is 0.790. The van der Waals surface area contributed by atoms with Crippen LogP contribution in [0.25, 0.3) is 0 Å². The van der Waals surface area contributed by atoms with Gasteiger partial charge in [-0.25, -0.2) is 0 Å². The number of amides is 1. The SMILES string of the molecule is CC(C)(C)CCCC(=O)NCC1(O)CCOCC1. The van der Waals surface area contributed by atoms with Crippen LogP contribution in [0.3, 0.4) is 0 Å². The Morgan fingerprint density at radius 2 is 1.94 bits per heavy atom. The summed E-state index contributed by atoms with van der Waals surface area (Å²) in [7, 11) is 0. The molecule has 0 aliphatic carbocycles. The molecule has 4 heteroatoms. The van der Waals surface area contributed by atoms with Crippen LogP contribution >= 0.6 is 0 Å². The zero-order valence-electron chi connectivity index (χ0n) is 11.9. The van der Waals surface area contributed by atoms with E-state index in [1.807, 2.05) is 0 Å². The minimum absolute atomic E-state index is 0.0409. The third-order valence-electron chi connectivity index (χ3n) is 3.37. The van der Waals surface area contributed by atoms with E-state index in [4.69, 9.17) is 4.74 Å². The number of carbonyl (C=O) groups is 1. The molecule has 18 heavy (non-hydrogen) atoms. The summed E-state index contributed by atoms with van der Waals surface area (Å²) >= 11 is 0. The molecular weight excluding hydrogens is 230 g/mol. The van der Waals surface area contributed by atoms with Crippen LogP contribution in [0, 0.1) is 5.41 Å². The molecule has 1 aliphatic rings. The Kier molecular flexibility index (Phi) is 5.60. The van der Waals surface area contributed by atoms with Crippen molar-refractivity contribution < 1.29 is 14.6 Å². The summed E-state index contributed by atoms with van der Waals surface area (Å²) in [5.41, 5.74) is -0.489. The number of ether oxygens (including phenoxy) is 1. The van der Waals surface area contributed by atoms with Gasteiger partial charge in [-0.3, -0.25) is 4.79 Å². The van der Waals surface area contributed by atoms with E-state index in [0.29, 0.717) is 39.0 Å². The molecular formula is C14H27NO3. The minimum atomic E-state index is -0.766. The maximum absolute atomic E-state index is 11.7. The lowest BCUT2D eigenvalue weighted by Gasteiger charge is -2.32. The lowest BCUT2D eigenvalue weighted by atomic mass is 9.90. The molecule has 4 nitrogen and oxygen atoms in total. The molecule has 0 aromatic carbocycles. The molecule has 0 saturated carbocycles. The first kappa shape index (κ1) is 15.4. The lowest BCUT2D eigenvalue weighted by molar-refractivity contribution is -0.124. The highest BCUT2D eigenvalue weighted by Gasteiger charge is 2.29. The summed E-state index contributed by atoms with van der Waals surface area (Å²) < 4.78 is 5.20. The summed E-state index contributed by atoms with van der Waals surface area (Å²) in [6, 6.07) is 0. The van der Waals surface area contributed by atoms with Crippen molar-refractivity contribution >= 4 is 5.91 Å². The highest BCUT2D eigenvalue weighted by atomic mass is 16.5. The lowest BCUT2D eigenvalue weighted by Crippen LogP contribution is -2.46. The van der Waals surface area contributed by atoms with Gasteiger partial charge in [0.1, 0.15) is 0 Å². The van der Waals surface area contributed by atoms with Crippen molar-refractivity contribution in [2.75, 3.05) is 19.8 Å². The van der Waals surface area contributed by atoms with Gasteiger partial charge in [-0.05, 0) is 18.3 Å². The van der Waals surface area contributed by atoms with Gasteiger partial charge >= 0.3 is 0 Å². The molecule has 1 rings (SSSR count). The van der Waals surface area contributed by atoms with E-state index >= 15 is 0 Å². The van der Waals surface area contributed by atoms with Crippen LogP contribution in [0.2, 0.25) is 0 Å². The fourth-order valence-electron chi connectivity index (χ4n) is 2.06. The molecule has 1 saturated heterocycles. The maximum atomic E-state index is 11.7. The fraction of sp³-hybridized carbons (Fsp3) is 0.929. The number of carbonyl (C=O) groups excluding carboxylic acids is 1. The van der Waals surface area contributed by atoms with E-state index in [-0.39, 0.29) is 11.3 Å². The van der Waals surface area contributed by atoms with Gasteiger partial charge in [0, 0.05) is 39.0 Å². The van der Waals surface area contributed by atoms with Crippen molar-refractivity contribution in [2.45, 2.75) is 58.5 Å². The van der Waals surface area contributed by atoms with E-state index < -0.39 is 5.60 Å². The summed E-state index contributed by atoms with van der Waals surface area (Å²) in [6.45, 7) is 8.04. The molecule has 0 spiro atoms. The number of hydrogen-bond donors (Lipinski definition) is 2. The standard InChI is InChI=1S/C14H27NO3/c1-13(2,3)6-4-5-12(16)15-11-14(17)7-9-18-10-8-14/h17H,4-11H2,1-3H3,(H,15,16). The zero-order valence-corrected chi connectivity index (χ0v) is 11.9. The molecule has 0 bridgehead atoms. The molecule has 1 fully saturated rings. The first-order valence-corrected chi connectivity index (χ1v) is 6.88. The average molecular weight is 257 g/mol. The number of rotatable bonds is 5. The molecule has 0 atom stereocenters. The Morgan fingerprint density at radius 1 is 1.33 bits per heavy atom. The molecule has 0 unspecified atom stereocenters. The molecule has 1 aliphatic heterocycles. The van der Waals surface area contributed by atoms with Crippen molar-refractivity contribution in [3.8, 4) is 0 Å². The van der Waals surface area contributed by atoms with Crippen LogP contribution in [0.4, 0.5) is 0 Å². The first-order chi connectivity index (χ1) is 8.31. The predicted molar refractivity (Wildman–Crippen MR) is 71.3 cm³/mol. The minimum Gasteiger partial charge on any atom is -0.388 e. The second-order valence-corrected chi connectivity index (χ2v) is 6.53. The van der Waals surface area contributed by atoms with Crippen LogP contribution in [0.1, 0.15) is 52.9 Å². The van der Waals surface area contributed by atoms with Gasteiger partial charge < -0.3 is 15.2 Å². The topological polar surface area (TPSA) is 58.6 Å². The van der Waals surface area contributed by atoms with Gasteiger partial charge in [0.05, 0.1) is 5.60 Å². The Bertz CT molecular complexity index is 265. The summed E-state index contributed by atoms with van der Waals surface area (Å²) in [4.78, 5) is 11.7. The van der Waals surface area contributed by atoms with Crippen LogP contribution in [0.5, 0.6) is 0 Å². The molecule has 0 aromatic rings. The largest absolute Gasteiger partial charge is 0.388 e. The number of hydrogen-bond acceptors (Lipinski definition) is 3. The normalized spacial score (nSPS) is 19.6. The first-order valence-electron chi connectivity index (χ1n) is 6.88. The van der Waals surface area contributed by atoms with Gasteiger partial charge in [0.15, 0.2) is 0 Å². The van der Waals surface area contributed by atoms with Crippen molar-refractivity contribution in [2.24, 2.45) is 5.41 Å². The van der Waals surface area contributed by atoms with Gasteiger partial charge in [0.2, 0.25) is 5.91 Å². The second-order valence-electron chi connectivity index (χ2n) is 6.53. The van der Waals surface area contributed by atoms with Crippen LogP contribution in [0.15, 0.2) is 0 Å². The highest BCUT2D eigenvalue weighted by molar-refractivity contribution is 5.75.